The fourth-order valence-electron chi connectivity index (χ4n) is 3.15. The summed E-state index contributed by atoms with van der Waals surface area (Å²) in [5.41, 5.74) is 3.62. The predicted molar refractivity (Wildman–Crippen MR) is 111 cm³/mol. The standard InChI is InChI=1S/C23H21N3O4/c1-15-11-17(16(2)26(15)19-6-8-20(29-3)9-7-19)12-18(13-24)23(28)30-14-22(27)21-5-4-10-25-21/h4-12,25H,14H2,1-3H3/b18-12+. The molecule has 0 aliphatic rings. The van der Waals surface area contributed by atoms with Gasteiger partial charge in [-0.05, 0) is 68.0 Å². The van der Waals surface area contributed by atoms with E-state index < -0.39 is 12.6 Å². The molecule has 1 aromatic carbocycles. The van der Waals surface area contributed by atoms with Gasteiger partial charge in [-0.25, -0.2) is 4.79 Å². The van der Waals surface area contributed by atoms with Gasteiger partial charge >= 0.3 is 5.97 Å². The fourth-order valence-corrected chi connectivity index (χ4v) is 3.15. The Morgan fingerprint density at radius 3 is 2.53 bits per heavy atom. The van der Waals surface area contributed by atoms with Gasteiger partial charge in [0.05, 0.1) is 12.8 Å². The molecule has 3 aromatic rings. The number of hydrogen-bond acceptors (Lipinski definition) is 5. The van der Waals surface area contributed by atoms with Gasteiger partial charge < -0.3 is 19.0 Å². The average Bonchev–Trinajstić information content (AvgIpc) is 3.38. The largest absolute Gasteiger partial charge is 0.497 e. The zero-order valence-electron chi connectivity index (χ0n) is 16.9. The van der Waals surface area contributed by atoms with Crippen molar-refractivity contribution in [2.75, 3.05) is 13.7 Å². The van der Waals surface area contributed by atoms with Crippen LogP contribution in [-0.2, 0) is 9.53 Å². The number of ether oxygens (including phenoxy) is 2. The van der Waals surface area contributed by atoms with Crippen LogP contribution in [0, 0.1) is 25.2 Å². The van der Waals surface area contributed by atoms with Crippen LogP contribution in [0.3, 0.4) is 0 Å². The van der Waals surface area contributed by atoms with Gasteiger partial charge in [-0.3, -0.25) is 4.79 Å². The molecule has 7 heteroatoms. The molecule has 0 spiro atoms. The van der Waals surface area contributed by atoms with Crippen LogP contribution in [0.5, 0.6) is 5.75 Å². The molecule has 0 aliphatic heterocycles. The van der Waals surface area contributed by atoms with Crippen molar-refractivity contribution in [2.45, 2.75) is 13.8 Å². The average molecular weight is 403 g/mol. The minimum Gasteiger partial charge on any atom is -0.497 e. The number of nitrogens with zero attached hydrogens (tertiary/aromatic N) is 2. The number of rotatable bonds is 7. The van der Waals surface area contributed by atoms with Crippen molar-refractivity contribution in [3.05, 3.63) is 76.9 Å². The van der Waals surface area contributed by atoms with E-state index in [0.717, 1.165) is 22.8 Å². The summed E-state index contributed by atoms with van der Waals surface area (Å²) in [6, 6.07) is 14.6. The highest BCUT2D eigenvalue weighted by molar-refractivity contribution is 6.01. The van der Waals surface area contributed by atoms with E-state index in [1.54, 1.807) is 25.4 Å². The number of H-pyrrole nitrogens is 1. The lowest BCUT2D eigenvalue weighted by atomic mass is 10.1. The molecule has 2 heterocycles. The predicted octanol–water partition coefficient (Wildman–Crippen LogP) is 3.76. The summed E-state index contributed by atoms with van der Waals surface area (Å²) < 4.78 is 12.2. The smallest absolute Gasteiger partial charge is 0.349 e. The first-order chi connectivity index (χ1) is 14.4. The van der Waals surface area contributed by atoms with Crippen molar-refractivity contribution in [3.8, 4) is 17.5 Å². The monoisotopic (exact) mass is 403 g/mol. The third kappa shape index (κ3) is 4.33. The summed E-state index contributed by atoms with van der Waals surface area (Å²) in [6.07, 6.45) is 3.08. The third-order valence-corrected chi connectivity index (χ3v) is 4.67. The number of ketones is 1. The number of nitriles is 1. The second kappa shape index (κ2) is 8.97. The van der Waals surface area contributed by atoms with Gasteiger partial charge in [-0.2, -0.15) is 5.26 Å². The van der Waals surface area contributed by atoms with E-state index in [1.165, 1.54) is 6.08 Å². The van der Waals surface area contributed by atoms with Crippen LogP contribution < -0.4 is 4.74 Å². The Morgan fingerprint density at radius 2 is 1.93 bits per heavy atom. The van der Waals surface area contributed by atoms with Crippen LogP contribution in [0.15, 0.2) is 54.2 Å². The SMILES string of the molecule is COc1ccc(-n2c(C)cc(/C=C(\C#N)C(=O)OCC(=O)c3ccc[nH]3)c2C)cc1. The first kappa shape index (κ1) is 20.7. The van der Waals surface area contributed by atoms with Gasteiger partial charge in [-0.15, -0.1) is 0 Å². The molecule has 1 N–H and O–H groups in total. The molecule has 7 nitrogen and oxygen atoms in total. The highest BCUT2D eigenvalue weighted by atomic mass is 16.5. The summed E-state index contributed by atoms with van der Waals surface area (Å²) in [7, 11) is 1.61. The Bertz CT molecular complexity index is 1130. The van der Waals surface area contributed by atoms with Crippen molar-refractivity contribution in [1.82, 2.24) is 9.55 Å². The van der Waals surface area contributed by atoms with Gasteiger partial charge in [0.25, 0.3) is 0 Å². The maximum absolute atomic E-state index is 12.3. The molecule has 3 rings (SSSR count). The van der Waals surface area contributed by atoms with Crippen LogP contribution in [-0.4, -0.2) is 35.0 Å². The van der Waals surface area contributed by atoms with E-state index in [9.17, 15) is 14.9 Å². The van der Waals surface area contributed by atoms with E-state index in [1.807, 2.05) is 54.8 Å². The van der Waals surface area contributed by atoms with E-state index in [4.69, 9.17) is 9.47 Å². The lowest BCUT2D eigenvalue weighted by Crippen LogP contribution is -2.15. The summed E-state index contributed by atoms with van der Waals surface area (Å²) in [6.45, 7) is 3.40. The zero-order chi connectivity index (χ0) is 21.7. The Kier molecular flexibility index (Phi) is 6.18. The molecule has 0 unspecified atom stereocenters. The van der Waals surface area contributed by atoms with Crippen LogP contribution in [0.25, 0.3) is 11.8 Å². The van der Waals surface area contributed by atoms with Crippen LogP contribution in [0.1, 0.15) is 27.4 Å². The first-order valence-corrected chi connectivity index (χ1v) is 9.23. The number of esters is 1. The number of carbonyl (C=O) groups excluding carboxylic acids is 2. The van der Waals surface area contributed by atoms with Crippen molar-refractivity contribution in [3.63, 3.8) is 0 Å². The van der Waals surface area contributed by atoms with E-state index in [0.29, 0.717) is 11.3 Å². The fraction of sp³-hybridized carbons (Fsp3) is 0.174. The highest BCUT2D eigenvalue weighted by Gasteiger charge is 2.17. The number of aromatic nitrogens is 2. The number of carbonyl (C=O) groups is 2. The van der Waals surface area contributed by atoms with Crippen molar-refractivity contribution in [2.24, 2.45) is 0 Å². The maximum atomic E-state index is 12.3. The van der Waals surface area contributed by atoms with E-state index >= 15 is 0 Å². The molecule has 0 bridgehead atoms. The number of aromatic amines is 1. The zero-order valence-corrected chi connectivity index (χ0v) is 16.9. The molecule has 0 aliphatic carbocycles. The molecule has 2 aromatic heterocycles. The summed E-state index contributed by atoms with van der Waals surface area (Å²) in [4.78, 5) is 27.0. The second-order valence-corrected chi connectivity index (χ2v) is 6.61. The summed E-state index contributed by atoms with van der Waals surface area (Å²) in [5.74, 6) is -0.459. The molecule has 0 radical (unpaired) electrons. The first-order valence-electron chi connectivity index (χ1n) is 9.23. The van der Waals surface area contributed by atoms with Crippen molar-refractivity contribution >= 4 is 17.8 Å². The maximum Gasteiger partial charge on any atom is 0.349 e. The number of aryl methyl sites for hydroxylation is 1. The molecule has 152 valence electrons. The van der Waals surface area contributed by atoms with Gasteiger partial charge in [0.15, 0.2) is 6.61 Å². The van der Waals surface area contributed by atoms with E-state index in [2.05, 4.69) is 4.98 Å². The molecule has 0 saturated heterocycles. The van der Waals surface area contributed by atoms with Gasteiger partial charge in [0, 0.05) is 23.3 Å². The summed E-state index contributed by atoms with van der Waals surface area (Å²) >= 11 is 0. The van der Waals surface area contributed by atoms with Crippen LogP contribution >= 0.6 is 0 Å². The number of benzene rings is 1. The molecule has 0 amide bonds. The van der Waals surface area contributed by atoms with Crippen LogP contribution in [0.2, 0.25) is 0 Å². The molecule has 0 atom stereocenters. The van der Waals surface area contributed by atoms with Crippen molar-refractivity contribution in [1.29, 1.82) is 5.26 Å². The van der Waals surface area contributed by atoms with Crippen molar-refractivity contribution < 1.29 is 19.1 Å². The molecular weight excluding hydrogens is 382 g/mol. The molecular formula is C23H21N3O4. The van der Waals surface area contributed by atoms with Gasteiger partial charge in [0.1, 0.15) is 17.4 Å². The quantitative estimate of drug-likeness (QED) is 0.280. The Labute approximate surface area is 174 Å². The number of Topliss-reactive ketones (excluding diaryl/α,β-unsaturated/α-hetero) is 1. The van der Waals surface area contributed by atoms with Gasteiger partial charge in [0.2, 0.25) is 5.78 Å². The Morgan fingerprint density at radius 1 is 1.20 bits per heavy atom. The van der Waals surface area contributed by atoms with E-state index in [-0.39, 0.29) is 11.4 Å². The molecule has 30 heavy (non-hydrogen) atoms. The lowest BCUT2D eigenvalue weighted by Gasteiger charge is -2.10. The molecule has 0 saturated carbocycles. The Balaban J connectivity index is 1.81. The minimum atomic E-state index is -0.841. The normalized spacial score (nSPS) is 11.1. The second-order valence-electron chi connectivity index (χ2n) is 6.61. The topological polar surface area (TPSA) is 97.1 Å². The lowest BCUT2D eigenvalue weighted by molar-refractivity contribution is -0.137. The number of methoxy groups -OCH3 is 1. The third-order valence-electron chi connectivity index (χ3n) is 4.67. The summed E-state index contributed by atoms with van der Waals surface area (Å²) in [5, 5.41) is 9.42. The minimum absolute atomic E-state index is 0.177. The highest BCUT2D eigenvalue weighted by Crippen LogP contribution is 2.24. The van der Waals surface area contributed by atoms with Crippen LogP contribution in [0.4, 0.5) is 0 Å². The number of hydrogen-bond donors (Lipinski definition) is 1. The van der Waals surface area contributed by atoms with Gasteiger partial charge in [-0.1, -0.05) is 0 Å². The molecule has 0 fully saturated rings. The number of nitrogens with one attached hydrogen (secondary N) is 1. The Hall–Kier alpha value is -4.05.